The minimum atomic E-state index is -3.95. The molecular weight excluding hydrogens is 368 g/mol. The van der Waals surface area contributed by atoms with E-state index in [1.807, 2.05) is 6.92 Å². The Balaban J connectivity index is 2.14. The van der Waals surface area contributed by atoms with E-state index in [9.17, 15) is 13.2 Å². The van der Waals surface area contributed by atoms with Crippen LogP contribution in [0.5, 0.6) is 5.75 Å². The van der Waals surface area contributed by atoms with E-state index in [0.717, 1.165) is 0 Å². The molecule has 1 N–H and O–H groups in total. The number of carbonyl (C=O) groups excluding carboxylic acids is 1. The highest BCUT2D eigenvalue weighted by Gasteiger charge is 2.37. The lowest BCUT2D eigenvalue weighted by molar-refractivity contribution is -0.105. The van der Waals surface area contributed by atoms with E-state index in [1.54, 1.807) is 25.1 Å². The maximum absolute atomic E-state index is 13.2. The van der Waals surface area contributed by atoms with Gasteiger partial charge in [0.05, 0.1) is 11.7 Å². The highest BCUT2D eigenvalue weighted by molar-refractivity contribution is 7.93. The zero-order valence-electron chi connectivity index (χ0n) is 13.6. The number of halogens is 1. The average Bonchev–Trinajstić information content (AvgIpc) is 2.96. The molecule has 0 saturated carbocycles. The first-order chi connectivity index (χ1) is 11.9. The molecule has 0 aliphatic carbocycles. The molecule has 0 unspecified atom stereocenters. The molecule has 1 amide bonds. The summed E-state index contributed by atoms with van der Waals surface area (Å²) < 4.78 is 34.8. The zero-order chi connectivity index (χ0) is 18.2. The van der Waals surface area contributed by atoms with E-state index < -0.39 is 16.1 Å². The first kappa shape index (κ1) is 17.6. The summed E-state index contributed by atoms with van der Waals surface area (Å²) in [6.07, 6.45) is 1.93. The third-order valence-electron chi connectivity index (χ3n) is 3.85. The summed E-state index contributed by atoms with van der Waals surface area (Å²) in [5, 5.41) is 6.43. The topological polar surface area (TPSA) is 93.5 Å². The summed E-state index contributed by atoms with van der Waals surface area (Å²) in [4.78, 5) is 10.6. The summed E-state index contributed by atoms with van der Waals surface area (Å²) >= 11 is 6.06. The molecule has 0 spiro atoms. The lowest BCUT2D eigenvalue weighted by Gasteiger charge is -2.35. The Labute approximate surface area is 150 Å². The first-order valence-corrected chi connectivity index (χ1v) is 9.44. The quantitative estimate of drug-likeness (QED) is 0.797. The Hall–Kier alpha value is -2.26. The van der Waals surface area contributed by atoms with Gasteiger partial charge in [0.1, 0.15) is 17.3 Å². The third-order valence-corrected chi connectivity index (χ3v) is 6.17. The molecule has 1 aromatic carbocycles. The van der Waals surface area contributed by atoms with E-state index in [2.05, 4.69) is 10.4 Å². The number of hydrogen-bond donors (Lipinski definition) is 1. The van der Waals surface area contributed by atoms with Crippen LogP contribution >= 0.6 is 11.6 Å². The van der Waals surface area contributed by atoms with Crippen molar-refractivity contribution in [1.82, 2.24) is 9.78 Å². The van der Waals surface area contributed by atoms with Gasteiger partial charge in [-0.1, -0.05) is 11.6 Å². The van der Waals surface area contributed by atoms with E-state index in [4.69, 9.17) is 16.3 Å². The molecule has 10 heteroatoms. The normalized spacial score (nSPS) is 16.9. The smallest absolute Gasteiger partial charge is 0.269 e. The third kappa shape index (κ3) is 3.05. The van der Waals surface area contributed by atoms with Gasteiger partial charge in [0, 0.05) is 18.4 Å². The number of ether oxygens (including phenoxy) is 1. The van der Waals surface area contributed by atoms with Gasteiger partial charge < -0.3 is 10.1 Å². The highest BCUT2D eigenvalue weighted by Crippen LogP contribution is 2.40. The Kier molecular flexibility index (Phi) is 4.61. The number of benzene rings is 1. The minimum Gasteiger partial charge on any atom is -0.489 e. The number of carbonyl (C=O) groups is 1. The first-order valence-electron chi connectivity index (χ1n) is 7.63. The molecule has 1 aliphatic rings. The molecule has 0 radical (unpaired) electrons. The van der Waals surface area contributed by atoms with Gasteiger partial charge in [-0.2, -0.15) is 5.10 Å². The number of nitrogens with zero attached hydrogens (tertiary/aromatic N) is 3. The number of rotatable bonds is 5. The van der Waals surface area contributed by atoms with Crippen molar-refractivity contribution in [2.45, 2.75) is 31.3 Å². The highest BCUT2D eigenvalue weighted by atomic mass is 35.5. The van der Waals surface area contributed by atoms with E-state index >= 15 is 0 Å². The maximum atomic E-state index is 13.2. The summed E-state index contributed by atoms with van der Waals surface area (Å²) in [5.41, 5.74) is 0.799. The van der Waals surface area contributed by atoms with Gasteiger partial charge >= 0.3 is 0 Å². The van der Waals surface area contributed by atoms with Gasteiger partial charge in [0.25, 0.3) is 10.0 Å². The fourth-order valence-electron chi connectivity index (χ4n) is 2.67. The number of aromatic nitrogens is 2. The molecule has 0 bridgehead atoms. The van der Waals surface area contributed by atoms with Gasteiger partial charge in [0.15, 0.2) is 5.15 Å². The second-order valence-electron chi connectivity index (χ2n) is 5.55. The molecule has 1 aliphatic heterocycles. The van der Waals surface area contributed by atoms with Crippen LogP contribution in [0.1, 0.15) is 13.8 Å². The fourth-order valence-corrected chi connectivity index (χ4v) is 4.77. The van der Waals surface area contributed by atoms with Crippen LogP contribution in [-0.4, -0.2) is 37.3 Å². The van der Waals surface area contributed by atoms with Crippen molar-refractivity contribution < 1.29 is 17.9 Å². The van der Waals surface area contributed by atoms with Crippen LogP contribution < -0.4 is 14.4 Å². The standard InChI is InChI=1S/C15H17ClN4O4S/c1-3-19-7-14(15(16)18-19)25(22,23)20-10(2)8-24-13-5-4-11(17-9-21)6-12(13)20/h4-7,9-10H,3,8H2,1-2H3,(H,17,21)/t10-/m1/s1. The lowest BCUT2D eigenvalue weighted by Crippen LogP contribution is -2.45. The molecule has 0 fully saturated rings. The molecule has 8 nitrogen and oxygen atoms in total. The number of hydrogen-bond acceptors (Lipinski definition) is 5. The van der Waals surface area contributed by atoms with Crippen LogP contribution in [0.15, 0.2) is 29.3 Å². The van der Waals surface area contributed by atoms with Gasteiger partial charge in [-0.3, -0.25) is 13.8 Å². The van der Waals surface area contributed by atoms with Gasteiger partial charge in [0.2, 0.25) is 6.41 Å². The number of amides is 1. The summed E-state index contributed by atoms with van der Waals surface area (Å²) in [7, 11) is -3.95. The van der Waals surface area contributed by atoms with E-state index in [-0.39, 0.29) is 16.7 Å². The predicted octanol–water partition coefficient (Wildman–Crippen LogP) is 2.10. The Bertz CT molecular complexity index is 912. The number of sulfonamides is 1. The number of anilines is 2. The second kappa shape index (κ2) is 6.57. The van der Waals surface area contributed by atoms with Crippen molar-refractivity contribution in [3.05, 3.63) is 29.5 Å². The van der Waals surface area contributed by atoms with Crippen molar-refractivity contribution >= 4 is 39.4 Å². The predicted molar refractivity (Wildman–Crippen MR) is 93.7 cm³/mol. The molecule has 1 aromatic heterocycles. The molecule has 1 atom stereocenters. The molecular formula is C15H17ClN4O4S. The molecule has 25 heavy (non-hydrogen) atoms. The monoisotopic (exact) mass is 384 g/mol. The minimum absolute atomic E-state index is 0.0653. The van der Waals surface area contributed by atoms with E-state index in [0.29, 0.717) is 30.1 Å². The molecule has 134 valence electrons. The fraction of sp³-hybridized carbons (Fsp3) is 0.333. The maximum Gasteiger partial charge on any atom is 0.269 e. The molecule has 2 heterocycles. The van der Waals surface area contributed by atoms with Crippen molar-refractivity contribution in [3.8, 4) is 5.75 Å². The van der Waals surface area contributed by atoms with Gasteiger partial charge in [-0.15, -0.1) is 0 Å². The van der Waals surface area contributed by atoms with Crippen LogP contribution in [0, 0.1) is 0 Å². The second-order valence-corrected chi connectivity index (χ2v) is 7.69. The van der Waals surface area contributed by atoms with Crippen molar-refractivity contribution in [1.29, 1.82) is 0 Å². The van der Waals surface area contributed by atoms with Crippen LogP contribution in [-0.2, 0) is 21.4 Å². The summed E-state index contributed by atoms with van der Waals surface area (Å²) in [5.74, 6) is 0.414. The SMILES string of the molecule is CCn1cc(S(=O)(=O)N2c3cc(NC=O)ccc3OC[C@H]2C)c(Cl)n1. The number of fused-ring (bicyclic) bond motifs is 1. The van der Waals surface area contributed by atoms with Gasteiger partial charge in [-0.05, 0) is 32.0 Å². The Morgan fingerprint density at radius 2 is 2.24 bits per heavy atom. The van der Waals surface area contributed by atoms with E-state index in [1.165, 1.54) is 15.2 Å². The Morgan fingerprint density at radius 3 is 2.88 bits per heavy atom. The average molecular weight is 385 g/mol. The van der Waals surface area contributed by atoms with Crippen LogP contribution in [0.25, 0.3) is 0 Å². The van der Waals surface area contributed by atoms with Crippen LogP contribution in [0.2, 0.25) is 5.15 Å². The van der Waals surface area contributed by atoms with Crippen LogP contribution in [0.3, 0.4) is 0 Å². The number of nitrogens with one attached hydrogen (secondary N) is 1. The van der Waals surface area contributed by atoms with Crippen molar-refractivity contribution in [2.75, 3.05) is 16.2 Å². The lowest BCUT2D eigenvalue weighted by atomic mass is 10.2. The van der Waals surface area contributed by atoms with Crippen LogP contribution in [0.4, 0.5) is 11.4 Å². The summed E-state index contributed by atoms with van der Waals surface area (Å²) in [6.45, 7) is 4.27. The largest absolute Gasteiger partial charge is 0.489 e. The Morgan fingerprint density at radius 1 is 1.48 bits per heavy atom. The number of aryl methyl sites for hydroxylation is 1. The summed E-state index contributed by atoms with van der Waals surface area (Å²) in [6, 6.07) is 4.35. The zero-order valence-corrected chi connectivity index (χ0v) is 15.2. The molecule has 2 aromatic rings. The van der Waals surface area contributed by atoms with Crippen molar-refractivity contribution in [2.24, 2.45) is 0 Å². The molecule has 3 rings (SSSR count). The molecule has 0 saturated heterocycles. The van der Waals surface area contributed by atoms with Crippen molar-refractivity contribution in [3.63, 3.8) is 0 Å². The van der Waals surface area contributed by atoms with Gasteiger partial charge in [-0.25, -0.2) is 8.42 Å².